The molecule has 2 aliphatic rings. The molecule has 6 heteroatoms. The zero-order valence-corrected chi connectivity index (χ0v) is 14.7. The molecule has 5 nitrogen and oxygen atoms in total. The van der Waals surface area contributed by atoms with Crippen LogP contribution in [0.25, 0.3) is 10.9 Å². The van der Waals surface area contributed by atoms with E-state index in [0.29, 0.717) is 23.2 Å². The number of ether oxygens (including phenoxy) is 1. The number of pyridine rings is 1. The summed E-state index contributed by atoms with van der Waals surface area (Å²) in [5, 5.41) is 11.5. The maximum Gasteiger partial charge on any atom is 0.259 e. The van der Waals surface area contributed by atoms with Gasteiger partial charge in [0.05, 0.1) is 18.2 Å². The Morgan fingerprint density at radius 2 is 2.00 bits per heavy atom. The molecule has 1 spiro atoms. The predicted molar refractivity (Wildman–Crippen MR) is 97.1 cm³/mol. The lowest BCUT2D eigenvalue weighted by Crippen LogP contribution is -2.33. The van der Waals surface area contributed by atoms with Crippen molar-refractivity contribution in [1.29, 1.82) is 0 Å². The third-order valence-corrected chi connectivity index (χ3v) is 5.61. The van der Waals surface area contributed by atoms with Crippen molar-refractivity contribution in [3.8, 4) is 11.5 Å². The van der Waals surface area contributed by atoms with Crippen molar-refractivity contribution in [3.63, 3.8) is 0 Å². The maximum absolute atomic E-state index is 13.3. The van der Waals surface area contributed by atoms with Crippen LogP contribution in [-0.2, 0) is 12.1 Å². The molecule has 1 saturated carbocycles. The van der Waals surface area contributed by atoms with E-state index >= 15 is 0 Å². The van der Waals surface area contributed by atoms with Gasteiger partial charge in [-0.25, -0.2) is 4.39 Å². The minimum absolute atomic E-state index is 0.0979. The first-order chi connectivity index (χ1) is 13.1. The smallest absolute Gasteiger partial charge is 0.259 e. The second kappa shape index (κ2) is 5.42. The summed E-state index contributed by atoms with van der Waals surface area (Å²) in [6, 6.07) is 9.75. The van der Waals surface area contributed by atoms with Gasteiger partial charge in [-0.15, -0.1) is 0 Å². The van der Waals surface area contributed by atoms with E-state index in [4.69, 9.17) is 4.74 Å². The fourth-order valence-electron chi connectivity index (χ4n) is 4.22. The number of carbonyl (C=O) groups excluding carboxylic acids is 1. The number of nitrogens with zero attached hydrogens (tertiary/aromatic N) is 2. The highest BCUT2D eigenvalue weighted by Crippen LogP contribution is 2.62. The number of aromatic nitrogens is 1. The lowest BCUT2D eigenvalue weighted by atomic mass is 9.97. The van der Waals surface area contributed by atoms with Gasteiger partial charge in [-0.2, -0.15) is 0 Å². The fraction of sp³-hybridized carbons (Fsp3) is 0.238. The molecule has 1 fully saturated rings. The topological polar surface area (TPSA) is 62.7 Å². The van der Waals surface area contributed by atoms with Crippen LogP contribution in [-0.4, -0.2) is 28.0 Å². The summed E-state index contributed by atoms with van der Waals surface area (Å²) in [5.41, 5.74) is 1.74. The monoisotopic (exact) mass is 364 g/mol. The molecule has 27 heavy (non-hydrogen) atoms. The lowest BCUT2D eigenvalue weighted by molar-refractivity contribution is 0.0681. The van der Waals surface area contributed by atoms with E-state index in [1.807, 2.05) is 6.07 Å². The fourth-order valence-corrected chi connectivity index (χ4v) is 4.22. The average molecular weight is 364 g/mol. The maximum atomic E-state index is 13.3. The molecule has 0 bridgehead atoms. The Bertz CT molecular complexity index is 1090. The number of fused-ring (bicyclic) bond motifs is 3. The number of hydrogen-bond donors (Lipinski definition) is 1. The Kier molecular flexibility index (Phi) is 3.22. The Morgan fingerprint density at radius 3 is 2.67 bits per heavy atom. The number of methoxy groups -OCH3 is 1. The standard InChI is InChI=1S/C21H17FN2O3/c1-27-19-14-3-2-10-23-17(14)18(25)15-16(19)21(8-9-21)24(20(15)26)11-12-4-6-13(22)7-5-12/h2-7,10,25H,8-9,11H2,1H3. The highest BCUT2D eigenvalue weighted by molar-refractivity contribution is 6.10. The number of halogens is 1. The molecule has 0 saturated heterocycles. The molecular formula is C21H17FN2O3. The first kappa shape index (κ1) is 16.1. The highest BCUT2D eigenvalue weighted by atomic mass is 19.1. The van der Waals surface area contributed by atoms with Gasteiger partial charge in [0.1, 0.15) is 17.1 Å². The summed E-state index contributed by atoms with van der Waals surface area (Å²) in [5.74, 6) is -0.0552. The van der Waals surface area contributed by atoms with Gasteiger partial charge >= 0.3 is 0 Å². The summed E-state index contributed by atoms with van der Waals surface area (Å²) < 4.78 is 18.9. The first-order valence-electron chi connectivity index (χ1n) is 8.81. The van der Waals surface area contributed by atoms with Crippen molar-refractivity contribution >= 4 is 16.8 Å². The van der Waals surface area contributed by atoms with Crippen LogP contribution in [0.1, 0.15) is 34.3 Å². The second-order valence-electron chi connectivity index (χ2n) is 7.08. The van der Waals surface area contributed by atoms with E-state index in [1.165, 1.54) is 12.1 Å². The summed E-state index contributed by atoms with van der Waals surface area (Å²) in [4.78, 5) is 19.3. The van der Waals surface area contributed by atoms with Crippen molar-refractivity contribution in [2.45, 2.75) is 24.9 Å². The number of phenols is 1. The Balaban J connectivity index is 1.70. The van der Waals surface area contributed by atoms with Crippen molar-refractivity contribution in [2.75, 3.05) is 7.11 Å². The van der Waals surface area contributed by atoms with Crippen LogP contribution >= 0.6 is 0 Å². The number of phenolic OH excluding ortho intramolecular Hbond substituents is 1. The summed E-state index contributed by atoms with van der Waals surface area (Å²) in [7, 11) is 1.57. The minimum Gasteiger partial charge on any atom is -0.505 e. The zero-order valence-electron chi connectivity index (χ0n) is 14.7. The van der Waals surface area contributed by atoms with Crippen LogP contribution in [0.5, 0.6) is 11.5 Å². The van der Waals surface area contributed by atoms with Crippen molar-refractivity contribution < 1.29 is 19.0 Å². The summed E-state index contributed by atoms with van der Waals surface area (Å²) >= 11 is 0. The van der Waals surface area contributed by atoms with Crippen molar-refractivity contribution in [1.82, 2.24) is 9.88 Å². The molecule has 0 unspecified atom stereocenters. The molecule has 5 rings (SSSR count). The number of hydrogen-bond acceptors (Lipinski definition) is 4. The first-order valence-corrected chi connectivity index (χ1v) is 8.81. The molecule has 1 amide bonds. The number of amides is 1. The third-order valence-electron chi connectivity index (χ3n) is 5.61. The van der Waals surface area contributed by atoms with E-state index in [1.54, 1.807) is 36.4 Å². The number of carbonyl (C=O) groups is 1. The van der Waals surface area contributed by atoms with Gasteiger partial charge in [0.2, 0.25) is 0 Å². The van der Waals surface area contributed by atoms with Crippen molar-refractivity contribution in [2.24, 2.45) is 0 Å². The van der Waals surface area contributed by atoms with Gasteiger partial charge in [-0.3, -0.25) is 9.78 Å². The van der Waals surface area contributed by atoms with Crippen LogP contribution in [0.2, 0.25) is 0 Å². The third kappa shape index (κ3) is 2.10. The largest absolute Gasteiger partial charge is 0.505 e. The van der Waals surface area contributed by atoms with Gasteiger partial charge < -0.3 is 14.7 Å². The highest BCUT2D eigenvalue weighted by Gasteiger charge is 2.60. The van der Waals surface area contributed by atoms with Crippen LogP contribution in [0.4, 0.5) is 4.39 Å². The molecule has 0 radical (unpaired) electrons. The Morgan fingerprint density at radius 1 is 1.26 bits per heavy atom. The molecular weight excluding hydrogens is 347 g/mol. The molecule has 1 aliphatic carbocycles. The van der Waals surface area contributed by atoms with Crippen LogP contribution < -0.4 is 4.74 Å². The Labute approximate surface area is 155 Å². The molecule has 1 aliphatic heterocycles. The number of benzene rings is 2. The van der Waals surface area contributed by atoms with Gasteiger partial charge in [0, 0.05) is 23.7 Å². The van der Waals surface area contributed by atoms with E-state index in [2.05, 4.69) is 4.98 Å². The molecule has 0 atom stereocenters. The molecule has 1 aromatic heterocycles. The SMILES string of the molecule is COc1c2c(c(O)c3ncccc13)C(=O)N(Cc1ccc(F)cc1)C21CC1. The number of aromatic hydroxyl groups is 1. The van der Waals surface area contributed by atoms with Crippen LogP contribution in [0.3, 0.4) is 0 Å². The van der Waals surface area contributed by atoms with E-state index < -0.39 is 5.54 Å². The molecule has 136 valence electrons. The average Bonchev–Trinajstić information content (AvgIpc) is 3.44. The van der Waals surface area contributed by atoms with Crippen LogP contribution in [0.15, 0.2) is 42.6 Å². The second-order valence-corrected chi connectivity index (χ2v) is 7.08. The summed E-state index contributed by atoms with van der Waals surface area (Å²) in [6.07, 6.45) is 3.18. The quantitative estimate of drug-likeness (QED) is 0.769. The molecule has 1 N–H and O–H groups in total. The lowest BCUT2D eigenvalue weighted by Gasteiger charge is -2.26. The summed E-state index contributed by atoms with van der Waals surface area (Å²) in [6.45, 7) is 0.347. The molecule has 2 aromatic carbocycles. The zero-order chi connectivity index (χ0) is 18.8. The predicted octanol–water partition coefficient (Wildman–Crippen LogP) is 3.73. The van der Waals surface area contributed by atoms with Gasteiger partial charge in [0.25, 0.3) is 5.91 Å². The Hall–Kier alpha value is -3.15. The van der Waals surface area contributed by atoms with E-state index in [0.717, 1.165) is 24.0 Å². The number of rotatable bonds is 3. The molecule has 3 aromatic rings. The van der Waals surface area contributed by atoms with Crippen LogP contribution in [0, 0.1) is 5.82 Å². The normalized spacial score (nSPS) is 16.8. The van der Waals surface area contributed by atoms with Crippen molar-refractivity contribution in [3.05, 3.63) is 65.1 Å². The van der Waals surface area contributed by atoms with E-state index in [-0.39, 0.29) is 23.0 Å². The minimum atomic E-state index is -0.479. The van der Waals surface area contributed by atoms with Gasteiger partial charge in [-0.1, -0.05) is 12.1 Å². The van der Waals surface area contributed by atoms with E-state index in [9.17, 15) is 14.3 Å². The molecule has 2 heterocycles. The van der Waals surface area contributed by atoms with Gasteiger partial charge in [-0.05, 0) is 42.7 Å². The van der Waals surface area contributed by atoms with Gasteiger partial charge in [0.15, 0.2) is 5.75 Å².